The van der Waals surface area contributed by atoms with Gasteiger partial charge in [0.1, 0.15) is 6.07 Å². The van der Waals surface area contributed by atoms with Gasteiger partial charge in [0.15, 0.2) is 5.01 Å². The van der Waals surface area contributed by atoms with E-state index in [1.54, 1.807) is 54.1 Å². The number of hydrogen-bond acceptors (Lipinski definition) is 9. The van der Waals surface area contributed by atoms with Gasteiger partial charge in [0.25, 0.3) is 15.9 Å². The van der Waals surface area contributed by atoms with Crippen LogP contribution in [0.25, 0.3) is 16.5 Å². The van der Waals surface area contributed by atoms with Crippen molar-refractivity contribution >= 4 is 59.5 Å². The third-order valence-electron chi connectivity index (χ3n) is 8.27. The Morgan fingerprint density at radius 3 is 2.53 bits per heavy atom. The number of carbonyl (C=O) groups excluding carboxylic acids is 1. The molecule has 1 unspecified atom stereocenters. The monoisotopic (exact) mass is 664 g/mol. The van der Waals surface area contributed by atoms with Crippen molar-refractivity contribution in [2.24, 2.45) is 0 Å². The lowest BCUT2D eigenvalue weighted by atomic mass is 10.0. The molecule has 1 atom stereocenters. The minimum atomic E-state index is -4.18. The van der Waals surface area contributed by atoms with E-state index in [-0.39, 0.29) is 41.0 Å². The van der Waals surface area contributed by atoms with E-state index in [4.69, 9.17) is 0 Å². The first-order valence-corrected chi connectivity index (χ1v) is 18.6. The summed E-state index contributed by atoms with van der Waals surface area (Å²) in [5.41, 5.74) is 3.22. The minimum Gasteiger partial charge on any atom is -0.369 e. The van der Waals surface area contributed by atoms with Crippen LogP contribution in [-0.2, 0) is 20.0 Å². The number of nitrogens with one attached hydrogen (secondary N) is 1. The summed E-state index contributed by atoms with van der Waals surface area (Å²) in [7, 11) is -7.60. The fraction of sp³-hybridized carbons (Fsp3) is 0.323. The van der Waals surface area contributed by atoms with Crippen LogP contribution in [0, 0.1) is 18.3 Å². The molecular weight excluding hydrogens is 633 g/mol. The third kappa shape index (κ3) is 6.00. The number of hydrogen-bond donors (Lipinski definition) is 1. The fourth-order valence-corrected chi connectivity index (χ4v) is 8.87. The highest BCUT2D eigenvalue weighted by Crippen LogP contribution is 2.39. The Morgan fingerprint density at radius 1 is 1.11 bits per heavy atom. The number of thiazole rings is 1. The Bertz CT molecular complexity index is 2060. The molecule has 6 rings (SSSR count). The highest BCUT2D eigenvalue weighted by atomic mass is 32.2. The average Bonchev–Trinajstić information content (AvgIpc) is 3.70. The number of carbonyl (C=O) groups is 1. The summed E-state index contributed by atoms with van der Waals surface area (Å²) >= 11 is 1.27. The van der Waals surface area contributed by atoms with Crippen LogP contribution in [0.1, 0.15) is 45.9 Å². The summed E-state index contributed by atoms with van der Waals surface area (Å²) in [6.07, 6.45) is 6.38. The van der Waals surface area contributed by atoms with Gasteiger partial charge >= 0.3 is 0 Å². The van der Waals surface area contributed by atoms with Crippen LogP contribution >= 0.6 is 11.3 Å². The number of rotatable bonds is 7. The molecule has 0 saturated carbocycles. The maximum absolute atomic E-state index is 14.4. The largest absolute Gasteiger partial charge is 0.369 e. The van der Waals surface area contributed by atoms with Crippen molar-refractivity contribution in [2.45, 2.75) is 37.1 Å². The molecule has 45 heavy (non-hydrogen) atoms. The second-order valence-electron chi connectivity index (χ2n) is 11.3. The standard InChI is InChI=1S/C31H32N6O5S3/c1-21-5-8-25(9-6-21)45(41,42)37-28(22-11-15-36(16-12-22)44(2,39)40)18-26-27(10-7-23(19-32)29(26)37)35-14-3-4-24(20-35)34-30(38)31-33-13-17-43-31/h5-11,13,17-18,24H,3-4,12,14-16,20H2,1-2H3,(H,34,38). The number of amides is 1. The lowest BCUT2D eigenvalue weighted by Crippen LogP contribution is -2.47. The zero-order chi connectivity index (χ0) is 31.9. The molecule has 2 aromatic heterocycles. The minimum absolute atomic E-state index is 0.0817. The van der Waals surface area contributed by atoms with Gasteiger partial charge in [-0.15, -0.1) is 11.3 Å². The van der Waals surface area contributed by atoms with Gasteiger partial charge in [-0.1, -0.05) is 23.8 Å². The van der Waals surface area contributed by atoms with Crippen molar-refractivity contribution in [3.8, 4) is 6.07 Å². The second-order valence-corrected chi connectivity index (χ2v) is 16.0. The van der Waals surface area contributed by atoms with E-state index in [0.29, 0.717) is 41.2 Å². The topological polar surface area (TPSA) is 145 Å². The molecule has 4 heterocycles. The molecule has 2 aromatic carbocycles. The third-order valence-corrected chi connectivity index (χ3v) is 12.0. The number of aryl methyl sites for hydroxylation is 1. The number of sulfonamides is 1. The Kier molecular flexibility index (Phi) is 8.30. The summed E-state index contributed by atoms with van der Waals surface area (Å²) in [6.45, 7) is 3.38. The molecule has 234 valence electrons. The molecule has 0 bridgehead atoms. The summed E-state index contributed by atoms with van der Waals surface area (Å²) in [4.78, 5) is 19.1. The normalized spacial score (nSPS) is 18.0. The van der Waals surface area contributed by atoms with Crippen molar-refractivity contribution in [1.29, 1.82) is 5.26 Å². The van der Waals surface area contributed by atoms with Crippen LogP contribution in [0.15, 0.2) is 65.0 Å². The average molecular weight is 665 g/mol. The molecule has 14 heteroatoms. The predicted octanol–water partition coefficient (Wildman–Crippen LogP) is 3.96. The van der Waals surface area contributed by atoms with Gasteiger partial charge in [0.2, 0.25) is 10.0 Å². The van der Waals surface area contributed by atoms with Crippen molar-refractivity contribution in [1.82, 2.24) is 18.6 Å². The maximum Gasteiger partial charge on any atom is 0.280 e. The van der Waals surface area contributed by atoms with E-state index in [1.807, 2.05) is 13.0 Å². The zero-order valence-corrected chi connectivity index (χ0v) is 27.3. The van der Waals surface area contributed by atoms with Crippen LogP contribution in [0.4, 0.5) is 5.69 Å². The highest BCUT2D eigenvalue weighted by Gasteiger charge is 2.31. The lowest BCUT2D eigenvalue weighted by Gasteiger charge is -2.35. The van der Waals surface area contributed by atoms with Gasteiger partial charge in [0.05, 0.1) is 27.9 Å². The van der Waals surface area contributed by atoms with E-state index >= 15 is 0 Å². The van der Waals surface area contributed by atoms with Gasteiger partial charge in [-0.05, 0) is 62.1 Å². The molecule has 0 aliphatic carbocycles. The molecule has 4 aromatic rings. The molecule has 1 N–H and O–H groups in total. The van der Waals surface area contributed by atoms with Crippen molar-refractivity contribution < 1.29 is 21.6 Å². The van der Waals surface area contributed by atoms with Crippen LogP contribution in [0.2, 0.25) is 0 Å². The number of nitrogens with zero attached hydrogens (tertiary/aromatic N) is 5. The molecule has 11 nitrogen and oxygen atoms in total. The number of piperidine rings is 1. The van der Waals surface area contributed by atoms with E-state index in [1.165, 1.54) is 19.6 Å². The molecule has 1 saturated heterocycles. The van der Waals surface area contributed by atoms with Crippen molar-refractivity contribution in [2.75, 3.05) is 37.3 Å². The summed E-state index contributed by atoms with van der Waals surface area (Å²) in [5, 5.41) is 16.0. The fourth-order valence-electron chi connectivity index (χ4n) is 6.01. The number of nitriles is 1. The predicted molar refractivity (Wildman–Crippen MR) is 174 cm³/mol. The van der Waals surface area contributed by atoms with Crippen LogP contribution in [0.5, 0.6) is 0 Å². The van der Waals surface area contributed by atoms with Crippen molar-refractivity contribution in [3.05, 3.63) is 81.9 Å². The summed E-state index contributed by atoms with van der Waals surface area (Å²) < 4.78 is 55.8. The quantitative estimate of drug-likeness (QED) is 0.313. The van der Waals surface area contributed by atoms with E-state index in [9.17, 15) is 26.9 Å². The van der Waals surface area contributed by atoms with Crippen LogP contribution in [0.3, 0.4) is 0 Å². The molecule has 2 aliphatic rings. The number of anilines is 1. The molecular formula is C31H32N6O5S3. The molecule has 2 aliphatic heterocycles. The zero-order valence-electron chi connectivity index (χ0n) is 24.8. The van der Waals surface area contributed by atoms with Gasteiger partial charge < -0.3 is 10.2 Å². The Balaban J connectivity index is 1.48. The smallest absolute Gasteiger partial charge is 0.280 e. The Hall–Kier alpha value is -4.03. The van der Waals surface area contributed by atoms with Gasteiger partial charge in [-0.25, -0.2) is 25.8 Å². The Morgan fingerprint density at radius 2 is 1.89 bits per heavy atom. The second kappa shape index (κ2) is 12.1. The molecule has 1 fully saturated rings. The Labute approximate surface area is 266 Å². The van der Waals surface area contributed by atoms with Gasteiger partial charge in [0, 0.05) is 54.9 Å². The van der Waals surface area contributed by atoms with E-state index < -0.39 is 20.0 Å². The number of fused-ring (bicyclic) bond motifs is 1. The van der Waals surface area contributed by atoms with Crippen molar-refractivity contribution in [3.63, 3.8) is 0 Å². The molecule has 0 spiro atoms. The summed E-state index contributed by atoms with van der Waals surface area (Å²) in [6, 6.07) is 13.9. The first kappa shape index (κ1) is 31.0. The number of benzene rings is 2. The lowest BCUT2D eigenvalue weighted by molar-refractivity contribution is 0.0932. The first-order valence-electron chi connectivity index (χ1n) is 14.5. The van der Waals surface area contributed by atoms with Crippen LogP contribution in [-0.4, -0.2) is 74.5 Å². The number of aromatic nitrogens is 2. The van der Waals surface area contributed by atoms with E-state index in [2.05, 4.69) is 21.3 Å². The first-order chi connectivity index (χ1) is 21.5. The van der Waals surface area contributed by atoms with Crippen LogP contribution < -0.4 is 10.2 Å². The van der Waals surface area contributed by atoms with E-state index in [0.717, 1.165) is 30.3 Å². The molecule has 1 amide bonds. The SMILES string of the molecule is Cc1ccc(S(=O)(=O)n2c(C3=CCN(S(C)(=O)=O)CC3)cc3c(N4CCCC(NC(=O)c5nccs5)C4)ccc(C#N)c32)cc1. The molecule has 0 radical (unpaired) electrons. The summed E-state index contributed by atoms with van der Waals surface area (Å²) in [5.74, 6) is -0.230. The van der Waals surface area contributed by atoms with Gasteiger partial charge in [-0.2, -0.15) is 9.57 Å². The maximum atomic E-state index is 14.4. The highest BCUT2D eigenvalue weighted by molar-refractivity contribution is 7.90. The van der Waals surface area contributed by atoms with Gasteiger partial charge in [-0.3, -0.25) is 4.79 Å².